The minimum atomic E-state index is -1.16. The summed E-state index contributed by atoms with van der Waals surface area (Å²) >= 11 is 0.967. The standard InChI is InChI=1S/C13H14N2O4S/c1-8(12(16)17)20-13-15-14-11(19-13)7-9-3-5-10(18-2)6-4-9/h3-6,8H,7H2,1-2H3,(H,16,17)/p-1/t8-/m1/s1. The zero-order valence-corrected chi connectivity index (χ0v) is 11.8. The highest BCUT2D eigenvalue weighted by Crippen LogP contribution is 2.22. The van der Waals surface area contributed by atoms with Crippen LogP contribution >= 0.6 is 11.8 Å². The van der Waals surface area contributed by atoms with Crippen LogP contribution in [0.25, 0.3) is 0 Å². The van der Waals surface area contributed by atoms with Crippen LogP contribution in [0.4, 0.5) is 0 Å². The van der Waals surface area contributed by atoms with E-state index in [0.29, 0.717) is 12.3 Å². The molecule has 0 saturated carbocycles. The minimum Gasteiger partial charge on any atom is -0.549 e. The Balaban J connectivity index is 1.99. The lowest BCUT2D eigenvalue weighted by atomic mass is 10.1. The number of carboxylic acid groups (broad SMARTS) is 1. The summed E-state index contributed by atoms with van der Waals surface area (Å²) in [4.78, 5) is 10.6. The third kappa shape index (κ3) is 3.74. The molecule has 2 rings (SSSR count). The highest BCUT2D eigenvalue weighted by Gasteiger charge is 2.12. The molecule has 2 aromatic rings. The number of aromatic nitrogens is 2. The van der Waals surface area contributed by atoms with Crippen molar-refractivity contribution in [2.24, 2.45) is 0 Å². The fourth-order valence-corrected chi connectivity index (χ4v) is 2.11. The Morgan fingerprint density at radius 2 is 2.10 bits per heavy atom. The molecule has 0 aliphatic rings. The summed E-state index contributed by atoms with van der Waals surface area (Å²) in [6, 6.07) is 7.50. The Bertz CT molecular complexity index is 582. The molecule has 0 N–H and O–H groups in total. The normalized spacial score (nSPS) is 12.1. The van der Waals surface area contributed by atoms with Crippen LogP contribution in [-0.4, -0.2) is 28.5 Å². The van der Waals surface area contributed by atoms with E-state index < -0.39 is 11.2 Å². The number of thioether (sulfide) groups is 1. The summed E-state index contributed by atoms with van der Waals surface area (Å²) in [5, 5.41) is 17.8. The lowest BCUT2D eigenvalue weighted by molar-refractivity contribution is -0.304. The van der Waals surface area contributed by atoms with Crippen LogP contribution in [0.1, 0.15) is 18.4 Å². The van der Waals surface area contributed by atoms with Gasteiger partial charge < -0.3 is 19.1 Å². The van der Waals surface area contributed by atoms with Crippen LogP contribution in [-0.2, 0) is 11.2 Å². The van der Waals surface area contributed by atoms with Crippen molar-refractivity contribution in [2.45, 2.75) is 23.8 Å². The van der Waals surface area contributed by atoms with Gasteiger partial charge in [0.15, 0.2) is 0 Å². The van der Waals surface area contributed by atoms with Gasteiger partial charge in [-0.15, -0.1) is 10.2 Å². The van der Waals surface area contributed by atoms with Crippen LogP contribution in [0, 0.1) is 0 Å². The Morgan fingerprint density at radius 1 is 1.40 bits per heavy atom. The van der Waals surface area contributed by atoms with E-state index in [2.05, 4.69) is 10.2 Å². The third-order valence-corrected chi connectivity index (χ3v) is 3.48. The molecule has 7 heteroatoms. The molecule has 1 aromatic heterocycles. The van der Waals surface area contributed by atoms with E-state index in [9.17, 15) is 9.90 Å². The first kappa shape index (κ1) is 14.4. The molecular formula is C13H13N2O4S-. The van der Waals surface area contributed by atoms with Gasteiger partial charge in [0, 0.05) is 0 Å². The van der Waals surface area contributed by atoms with E-state index >= 15 is 0 Å². The number of nitrogens with zero attached hydrogens (tertiary/aromatic N) is 2. The van der Waals surface area contributed by atoms with Crippen LogP contribution in [0.15, 0.2) is 33.9 Å². The van der Waals surface area contributed by atoms with Gasteiger partial charge in [-0.25, -0.2) is 0 Å². The fraction of sp³-hybridized carbons (Fsp3) is 0.308. The quantitative estimate of drug-likeness (QED) is 0.731. The highest BCUT2D eigenvalue weighted by atomic mass is 32.2. The second-order valence-corrected chi connectivity index (χ2v) is 5.36. The maximum absolute atomic E-state index is 10.6. The molecular weight excluding hydrogens is 280 g/mol. The predicted octanol–water partition coefficient (Wildman–Crippen LogP) is 0.899. The number of rotatable bonds is 6. The number of carboxylic acids is 1. The van der Waals surface area contributed by atoms with E-state index in [-0.39, 0.29) is 5.22 Å². The van der Waals surface area contributed by atoms with Gasteiger partial charge in [-0.3, -0.25) is 0 Å². The number of carbonyl (C=O) groups is 1. The molecule has 0 amide bonds. The smallest absolute Gasteiger partial charge is 0.277 e. The third-order valence-electron chi connectivity index (χ3n) is 2.57. The monoisotopic (exact) mass is 293 g/mol. The van der Waals surface area contributed by atoms with Crippen molar-refractivity contribution in [3.8, 4) is 5.75 Å². The summed E-state index contributed by atoms with van der Waals surface area (Å²) in [6.45, 7) is 1.51. The number of methoxy groups -OCH3 is 1. The van der Waals surface area contributed by atoms with Crippen molar-refractivity contribution in [2.75, 3.05) is 7.11 Å². The number of ether oxygens (including phenoxy) is 1. The molecule has 1 aromatic carbocycles. The summed E-state index contributed by atoms with van der Waals surface area (Å²) in [5.41, 5.74) is 0.999. The number of carbonyl (C=O) groups excluding carboxylic acids is 1. The summed E-state index contributed by atoms with van der Waals surface area (Å²) < 4.78 is 10.5. The zero-order valence-electron chi connectivity index (χ0n) is 11.0. The van der Waals surface area contributed by atoms with Crippen molar-refractivity contribution in [3.05, 3.63) is 35.7 Å². The Labute approximate surface area is 120 Å². The molecule has 0 bridgehead atoms. The molecule has 0 spiro atoms. The Morgan fingerprint density at radius 3 is 2.70 bits per heavy atom. The predicted molar refractivity (Wildman–Crippen MR) is 70.4 cm³/mol. The van der Waals surface area contributed by atoms with Crippen LogP contribution < -0.4 is 9.84 Å². The second-order valence-electron chi connectivity index (χ2n) is 4.07. The van der Waals surface area contributed by atoms with Crippen LogP contribution in [0.2, 0.25) is 0 Å². The first-order valence-corrected chi connectivity index (χ1v) is 6.79. The van der Waals surface area contributed by atoms with Gasteiger partial charge in [-0.1, -0.05) is 23.9 Å². The van der Waals surface area contributed by atoms with E-state index in [1.54, 1.807) is 7.11 Å². The van der Waals surface area contributed by atoms with Crippen molar-refractivity contribution >= 4 is 17.7 Å². The lowest BCUT2D eigenvalue weighted by Crippen LogP contribution is -2.31. The van der Waals surface area contributed by atoms with Crippen molar-refractivity contribution in [1.82, 2.24) is 10.2 Å². The van der Waals surface area contributed by atoms with Gasteiger partial charge in [0.1, 0.15) is 5.75 Å². The Kier molecular flexibility index (Phi) is 4.62. The van der Waals surface area contributed by atoms with Gasteiger partial charge in [0.25, 0.3) is 5.22 Å². The average molecular weight is 293 g/mol. The van der Waals surface area contributed by atoms with E-state index in [0.717, 1.165) is 23.1 Å². The fourth-order valence-electron chi connectivity index (χ4n) is 1.47. The summed E-state index contributed by atoms with van der Waals surface area (Å²) in [6.07, 6.45) is 0.483. The molecule has 1 atom stereocenters. The SMILES string of the molecule is COc1ccc(Cc2nnc(S[C@H](C)C(=O)[O-])o2)cc1. The van der Waals surface area contributed by atoms with Gasteiger partial charge in [0.05, 0.1) is 24.7 Å². The summed E-state index contributed by atoms with van der Waals surface area (Å²) in [7, 11) is 1.61. The van der Waals surface area contributed by atoms with E-state index in [1.165, 1.54) is 6.92 Å². The zero-order chi connectivity index (χ0) is 14.5. The molecule has 0 aliphatic carbocycles. The van der Waals surface area contributed by atoms with Gasteiger partial charge in [-0.05, 0) is 24.6 Å². The topological polar surface area (TPSA) is 88.3 Å². The number of hydrogen-bond acceptors (Lipinski definition) is 7. The number of benzene rings is 1. The molecule has 0 aliphatic heterocycles. The first-order chi connectivity index (χ1) is 9.58. The lowest BCUT2D eigenvalue weighted by Gasteiger charge is -2.07. The van der Waals surface area contributed by atoms with Crippen molar-refractivity contribution < 1.29 is 19.1 Å². The maximum atomic E-state index is 10.6. The highest BCUT2D eigenvalue weighted by molar-refractivity contribution is 8.00. The Hall–Kier alpha value is -2.02. The largest absolute Gasteiger partial charge is 0.549 e. The van der Waals surface area contributed by atoms with Gasteiger partial charge in [-0.2, -0.15) is 0 Å². The maximum Gasteiger partial charge on any atom is 0.277 e. The molecule has 0 radical (unpaired) electrons. The molecule has 0 fully saturated rings. The second kappa shape index (κ2) is 6.42. The van der Waals surface area contributed by atoms with Crippen molar-refractivity contribution in [1.29, 1.82) is 0 Å². The van der Waals surface area contributed by atoms with E-state index in [4.69, 9.17) is 9.15 Å². The first-order valence-electron chi connectivity index (χ1n) is 5.91. The van der Waals surface area contributed by atoms with Gasteiger partial charge in [0.2, 0.25) is 5.89 Å². The molecule has 106 valence electrons. The molecule has 0 unspecified atom stereocenters. The van der Waals surface area contributed by atoms with Crippen molar-refractivity contribution in [3.63, 3.8) is 0 Å². The number of aliphatic carboxylic acids is 1. The molecule has 20 heavy (non-hydrogen) atoms. The van der Waals surface area contributed by atoms with E-state index in [1.807, 2.05) is 24.3 Å². The van der Waals surface area contributed by atoms with Gasteiger partial charge >= 0.3 is 0 Å². The average Bonchev–Trinajstić information content (AvgIpc) is 2.86. The molecule has 1 heterocycles. The summed E-state index contributed by atoms with van der Waals surface area (Å²) in [5.74, 6) is 0.0476. The minimum absolute atomic E-state index is 0.227. The van der Waals surface area contributed by atoms with Crippen LogP contribution in [0.3, 0.4) is 0 Å². The molecule has 0 saturated heterocycles. The molecule has 6 nitrogen and oxygen atoms in total. The van der Waals surface area contributed by atoms with Crippen LogP contribution in [0.5, 0.6) is 5.75 Å². The number of hydrogen-bond donors (Lipinski definition) is 0.